The van der Waals surface area contributed by atoms with Crippen molar-refractivity contribution in [2.75, 3.05) is 27.2 Å². The van der Waals surface area contributed by atoms with Crippen molar-refractivity contribution >= 4 is 23.3 Å². The summed E-state index contributed by atoms with van der Waals surface area (Å²) in [5.74, 6) is -5.31. The third kappa shape index (κ3) is 4.01. The van der Waals surface area contributed by atoms with Crippen LogP contribution in [0, 0.1) is 22.7 Å². The molecular formula is C40H42N2O10S. The van der Waals surface area contributed by atoms with E-state index in [2.05, 4.69) is 36.0 Å². The predicted octanol–water partition coefficient (Wildman–Crippen LogP) is 2.69. The molecule has 1 aromatic heterocycles. The Morgan fingerprint density at radius 3 is 1.60 bits per heavy atom. The molecule has 5 heterocycles. The molecule has 11 rings (SSSR count). The molecule has 53 heavy (non-hydrogen) atoms. The van der Waals surface area contributed by atoms with E-state index in [4.69, 9.17) is 18.9 Å². The van der Waals surface area contributed by atoms with E-state index in [9.17, 15) is 30.0 Å². The van der Waals surface area contributed by atoms with Gasteiger partial charge in [0.05, 0.1) is 0 Å². The number of hydrogen-bond donors (Lipinski definition) is 4. The molecule has 12 nitrogen and oxygen atoms in total. The number of nitrogens with zero attached hydrogens (tertiary/aromatic N) is 2. The van der Waals surface area contributed by atoms with Gasteiger partial charge in [-0.3, -0.25) is 0 Å². The third-order valence-corrected chi connectivity index (χ3v) is 15.5. The summed E-state index contributed by atoms with van der Waals surface area (Å²) in [5, 5.41) is 46.2. The lowest BCUT2D eigenvalue weighted by molar-refractivity contribution is -0.174. The number of likely N-dealkylation sites (tertiary alicyclic amines) is 2. The number of aliphatic hydroxyl groups is 4. The van der Waals surface area contributed by atoms with Crippen LogP contribution >= 0.6 is 11.3 Å². The molecule has 2 spiro atoms. The highest BCUT2D eigenvalue weighted by Gasteiger charge is 2.70. The van der Waals surface area contributed by atoms with Gasteiger partial charge in [0.1, 0.15) is 34.2 Å². The molecule has 2 saturated carbocycles. The van der Waals surface area contributed by atoms with E-state index in [-0.39, 0.29) is 58.0 Å². The number of esters is 2. The average Bonchev–Trinajstić information content (AvgIpc) is 3.86. The summed E-state index contributed by atoms with van der Waals surface area (Å²) in [6, 6.07) is 3.35. The van der Waals surface area contributed by atoms with Crippen LogP contribution in [0.4, 0.5) is 0 Å². The summed E-state index contributed by atoms with van der Waals surface area (Å²) >= 11 is 0.839. The number of ether oxygens (including phenoxy) is 4. The third-order valence-electron chi connectivity index (χ3n) is 14.4. The molecule has 1 aromatic rings. The van der Waals surface area contributed by atoms with E-state index in [0.29, 0.717) is 0 Å². The second-order valence-corrected chi connectivity index (χ2v) is 17.8. The molecule has 13 heteroatoms. The van der Waals surface area contributed by atoms with Crippen LogP contribution in [0.25, 0.3) is 0 Å². The molecule has 0 radical (unpaired) electrons. The SMILES string of the molecule is CN1CC[C@]23C4=C5O[C@H]2[C@@H](O)C=C[C@H]3[C@H]1CC4=CCC5(O)OC(=O)c1ccc(C(=O)OC2(O)CC=C3C[C@@H]4[C@@H]5C=C[C@H](O)[C@@H]6OC2=C3[C@]56CCN4C)s1. The quantitative estimate of drug-likeness (QED) is 0.204. The molecule has 10 aliphatic rings. The van der Waals surface area contributed by atoms with Crippen LogP contribution in [-0.4, -0.2) is 117 Å². The zero-order valence-corrected chi connectivity index (χ0v) is 30.3. The lowest BCUT2D eigenvalue weighted by Gasteiger charge is -2.58. The van der Waals surface area contributed by atoms with E-state index < -0.39 is 58.8 Å². The number of aliphatic hydroxyl groups excluding tert-OH is 2. The number of carbonyl (C=O) groups is 2. The summed E-state index contributed by atoms with van der Waals surface area (Å²) < 4.78 is 24.6. The lowest BCUT2D eigenvalue weighted by Crippen LogP contribution is -2.62. The smallest absolute Gasteiger partial charge is 0.351 e. The van der Waals surface area contributed by atoms with Gasteiger partial charge in [0.2, 0.25) is 0 Å². The molecule has 6 aliphatic carbocycles. The van der Waals surface area contributed by atoms with Crippen LogP contribution < -0.4 is 0 Å². The Balaban J connectivity index is 0.853. The van der Waals surface area contributed by atoms with Crippen LogP contribution in [0.3, 0.4) is 0 Å². The molecule has 4 aliphatic heterocycles. The van der Waals surface area contributed by atoms with Gasteiger partial charge in [-0.2, -0.15) is 0 Å². The standard InChI is InChI=1S/C40H42N2O10S/c1-41-15-13-37-21-3-5-25(43)31(37)49-33-29(37)19(17-23(21)41)9-11-39(33,47)51-35(45)27-7-8-28(53-27)36(46)52-40(48)12-10-20-18-24-22-4-6-26(44)32-38(22,14-16-42(24)2)30(20)34(40)50-32/h3-10,21-26,31-32,43-44,47-48H,11-18H2,1-2H3/t21-,22-,23+,24+,25-,26-,31-,32-,37-,38-,39?,40?/m0/s1. The molecule has 12 atom stereocenters. The van der Waals surface area contributed by atoms with Crippen molar-refractivity contribution in [2.45, 2.75) is 86.6 Å². The number of rotatable bonds is 4. The Kier molecular flexibility index (Phi) is 6.56. The van der Waals surface area contributed by atoms with Gasteiger partial charge >= 0.3 is 11.9 Å². The topological polar surface area (TPSA) is 158 Å². The Morgan fingerprint density at radius 1 is 0.736 bits per heavy atom. The summed E-state index contributed by atoms with van der Waals surface area (Å²) in [7, 11) is 4.24. The maximum Gasteiger partial charge on any atom is 0.351 e. The van der Waals surface area contributed by atoms with E-state index >= 15 is 0 Å². The van der Waals surface area contributed by atoms with Crippen molar-refractivity contribution in [2.24, 2.45) is 22.7 Å². The van der Waals surface area contributed by atoms with Crippen molar-refractivity contribution < 1.29 is 49.0 Å². The lowest BCUT2D eigenvalue weighted by atomic mass is 9.51. The highest BCUT2D eigenvalue weighted by molar-refractivity contribution is 7.15. The fraction of sp³-hybridized carbons (Fsp3) is 0.550. The van der Waals surface area contributed by atoms with Crippen LogP contribution in [0.5, 0.6) is 0 Å². The van der Waals surface area contributed by atoms with Gasteiger partial charge in [0, 0.05) is 58.7 Å². The summed E-state index contributed by atoms with van der Waals surface area (Å²) in [6.07, 6.45) is 11.6. The van der Waals surface area contributed by atoms with Crippen molar-refractivity contribution in [3.8, 4) is 0 Å². The zero-order chi connectivity index (χ0) is 36.4. The molecule has 2 unspecified atom stereocenters. The minimum Gasteiger partial charge on any atom is -0.483 e. The average molecular weight is 743 g/mol. The van der Waals surface area contributed by atoms with Crippen molar-refractivity contribution in [1.82, 2.24) is 9.80 Å². The summed E-state index contributed by atoms with van der Waals surface area (Å²) in [4.78, 5) is 32.2. The molecule has 2 saturated heterocycles. The molecular weight excluding hydrogens is 701 g/mol. The molecule has 4 bridgehead atoms. The molecule has 4 fully saturated rings. The molecule has 0 aromatic carbocycles. The predicted molar refractivity (Wildman–Crippen MR) is 188 cm³/mol. The summed E-state index contributed by atoms with van der Waals surface area (Å²) in [5.41, 5.74) is 2.77. The Hall–Kier alpha value is -3.56. The first kappa shape index (κ1) is 32.8. The van der Waals surface area contributed by atoms with Crippen LogP contribution in [0.1, 0.15) is 57.9 Å². The highest BCUT2D eigenvalue weighted by atomic mass is 32.1. The van der Waals surface area contributed by atoms with Gasteiger partial charge in [0.25, 0.3) is 11.6 Å². The highest BCUT2D eigenvalue weighted by Crippen LogP contribution is 2.67. The number of hydrogen-bond acceptors (Lipinski definition) is 13. The van der Waals surface area contributed by atoms with Gasteiger partial charge in [-0.1, -0.05) is 36.5 Å². The first-order valence-corrected chi connectivity index (χ1v) is 19.6. The van der Waals surface area contributed by atoms with Crippen molar-refractivity contribution in [1.29, 1.82) is 0 Å². The van der Waals surface area contributed by atoms with Crippen LogP contribution in [0.2, 0.25) is 0 Å². The Morgan fingerprint density at radius 2 is 1.17 bits per heavy atom. The number of carbonyl (C=O) groups excluding carboxylic acids is 2. The van der Waals surface area contributed by atoms with Gasteiger partial charge in [0.15, 0.2) is 11.5 Å². The van der Waals surface area contributed by atoms with E-state index in [1.807, 2.05) is 12.2 Å². The maximum atomic E-state index is 13.7. The minimum atomic E-state index is -2.09. The number of thiophene rings is 1. The van der Waals surface area contributed by atoms with Crippen LogP contribution in [-0.2, 0) is 18.9 Å². The van der Waals surface area contributed by atoms with E-state index in [1.54, 1.807) is 12.2 Å². The van der Waals surface area contributed by atoms with Gasteiger partial charge in [-0.05, 0) is 76.1 Å². The normalized spacial score (nSPS) is 45.5. The second-order valence-electron chi connectivity index (χ2n) is 16.8. The fourth-order valence-corrected chi connectivity index (χ4v) is 12.8. The fourth-order valence-electron chi connectivity index (χ4n) is 12.1. The van der Waals surface area contributed by atoms with Gasteiger partial charge in [-0.25, -0.2) is 9.59 Å². The Bertz CT molecular complexity index is 1940. The van der Waals surface area contributed by atoms with Crippen molar-refractivity contribution in [3.63, 3.8) is 0 Å². The zero-order valence-electron chi connectivity index (χ0n) is 29.4. The molecule has 0 amide bonds. The summed E-state index contributed by atoms with van der Waals surface area (Å²) in [6.45, 7) is 1.63. The first-order valence-electron chi connectivity index (χ1n) is 18.7. The van der Waals surface area contributed by atoms with E-state index in [0.717, 1.165) is 72.4 Å². The van der Waals surface area contributed by atoms with Gasteiger partial charge in [-0.15, -0.1) is 11.3 Å². The van der Waals surface area contributed by atoms with E-state index in [1.165, 1.54) is 12.1 Å². The molecule has 4 N–H and O–H groups in total. The monoisotopic (exact) mass is 742 g/mol. The van der Waals surface area contributed by atoms with Crippen molar-refractivity contribution in [3.05, 3.63) is 92.2 Å². The first-order chi connectivity index (χ1) is 25.4. The number of piperidine rings is 2. The maximum absolute atomic E-state index is 13.7. The second kappa shape index (κ2) is 10.6. The minimum absolute atomic E-state index is 0.00875. The Labute approximate surface area is 309 Å². The molecule has 278 valence electrons. The van der Waals surface area contributed by atoms with Crippen LogP contribution in [0.15, 0.2) is 82.4 Å². The van der Waals surface area contributed by atoms with Gasteiger partial charge < -0.3 is 49.2 Å². The largest absolute Gasteiger partial charge is 0.483 e.